The van der Waals surface area contributed by atoms with Gasteiger partial charge in [0.1, 0.15) is 0 Å². The third-order valence-corrected chi connectivity index (χ3v) is 4.23. The number of benzene rings is 1. The Morgan fingerprint density at radius 2 is 2.20 bits per heavy atom. The second-order valence-corrected chi connectivity index (χ2v) is 6.29. The number of piperidine rings is 1. The summed E-state index contributed by atoms with van der Waals surface area (Å²) in [7, 11) is 0. The van der Waals surface area contributed by atoms with Crippen molar-refractivity contribution in [2.45, 2.75) is 25.8 Å². The topological polar surface area (TPSA) is 69.6 Å². The van der Waals surface area contributed by atoms with Crippen LogP contribution in [0.5, 0.6) is 0 Å². The number of hydrogen-bond donors (Lipinski definition) is 2. The lowest BCUT2D eigenvalue weighted by Crippen LogP contribution is -2.47. The zero-order chi connectivity index (χ0) is 14.7. The highest BCUT2D eigenvalue weighted by Crippen LogP contribution is 2.24. The molecule has 1 aromatic carbocycles. The van der Waals surface area contributed by atoms with E-state index < -0.39 is 5.97 Å². The Morgan fingerprint density at radius 3 is 2.80 bits per heavy atom. The number of carbonyl (C=O) groups is 2. The van der Waals surface area contributed by atoms with Crippen molar-refractivity contribution >= 4 is 40.3 Å². The number of hydrogen-bond acceptors (Lipinski definition) is 2. The average molecular weight is 388 g/mol. The largest absolute Gasteiger partial charge is 0.481 e. The van der Waals surface area contributed by atoms with Crippen LogP contribution in [0.4, 0.5) is 10.5 Å². The Morgan fingerprint density at radius 1 is 1.45 bits per heavy atom. The first-order chi connectivity index (χ1) is 9.47. The Labute approximate surface area is 131 Å². The molecule has 1 saturated heterocycles. The maximum absolute atomic E-state index is 12.2. The first-order valence-electron chi connectivity index (χ1n) is 6.53. The SMILES string of the molecule is CC1CC(C(=O)O)CCN1C(=O)Nc1cccc(I)c1. The standard InChI is InChI=1S/C14H17IN2O3/c1-9-7-10(13(18)19)5-6-17(9)14(20)16-12-4-2-3-11(15)8-12/h2-4,8-10H,5-7H2,1H3,(H,16,20)(H,18,19). The van der Waals surface area contributed by atoms with Gasteiger partial charge in [-0.25, -0.2) is 4.79 Å². The van der Waals surface area contributed by atoms with Crippen molar-refractivity contribution < 1.29 is 14.7 Å². The lowest BCUT2D eigenvalue weighted by atomic mass is 9.92. The van der Waals surface area contributed by atoms with Crippen LogP contribution in [0.3, 0.4) is 0 Å². The van der Waals surface area contributed by atoms with E-state index in [2.05, 4.69) is 27.9 Å². The molecule has 1 fully saturated rings. The van der Waals surface area contributed by atoms with Gasteiger partial charge in [-0.05, 0) is 60.6 Å². The molecular weight excluding hydrogens is 371 g/mol. The zero-order valence-electron chi connectivity index (χ0n) is 11.2. The molecule has 20 heavy (non-hydrogen) atoms. The van der Waals surface area contributed by atoms with E-state index in [0.717, 1.165) is 9.26 Å². The van der Waals surface area contributed by atoms with E-state index in [1.54, 1.807) is 4.90 Å². The fourth-order valence-electron chi connectivity index (χ4n) is 2.46. The lowest BCUT2D eigenvalue weighted by molar-refractivity contribution is -0.143. The van der Waals surface area contributed by atoms with Gasteiger partial charge in [-0.3, -0.25) is 4.79 Å². The first kappa shape index (κ1) is 15.1. The van der Waals surface area contributed by atoms with Gasteiger partial charge in [-0.15, -0.1) is 0 Å². The molecule has 6 heteroatoms. The van der Waals surface area contributed by atoms with E-state index in [4.69, 9.17) is 5.11 Å². The van der Waals surface area contributed by atoms with Crippen LogP contribution in [0, 0.1) is 9.49 Å². The molecule has 0 aromatic heterocycles. The quantitative estimate of drug-likeness (QED) is 0.766. The van der Waals surface area contributed by atoms with Crippen LogP contribution in [0.2, 0.25) is 0 Å². The third-order valence-electron chi connectivity index (χ3n) is 3.56. The Bertz CT molecular complexity index is 521. The number of amides is 2. The maximum Gasteiger partial charge on any atom is 0.322 e. The van der Waals surface area contributed by atoms with Crippen molar-refractivity contribution in [1.82, 2.24) is 4.90 Å². The molecule has 0 spiro atoms. The minimum atomic E-state index is -0.769. The normalized spacial score (nSPS) is 22.4. The number of carbonyl (C=O) groups excluding carboxylic acids is 1. The molecule has 2 unspecified atom stereocenters. The Hall–Kier alpha value is -1.31. The first-order valence-corrected chi connectivity index (χ1v) is 7.61. The van der Waals surface area contributed by atoms with Gasteiger partial charge >= 0.3 is 12.0 Å². The van der Waals surface area contributed by atoms with Crippen LogP contribution in [0.25, 0.3) is 0 Å². The van der Waals surface area contributed by atoms with E-state index in [1.165, 1.54) is 0 Å². The number of carboxylic acid groups (broad SMARTS) is 1. The van der Waals surface area contributed by atoms with Crippen LogP contribution in [-0.2, 0) is 4.79 Å². The molecule has 1 aromatic rings. The van der Waals surface area contributed by atoms with Crippen LogP contribution >= 0.6 is 22.6 Å². The van der Waals surface area contributed by atoms with Gasteiger partial charge in [0, 0.05) is 21.8 Å². The highest BCUT2D eigenvalue weighted by molar-refractivity contribution is 14.1. The van der Waals surface area contributed by atoms with Gasteiger partial charge in [0.05, 0.1) is 5.92 Å². The highest BCUT2D eigenvalue weighted by Gasteiger charge is 2.32. The number of likely N-dealkylation sites (tertiary alicyclic amines) is 1. The lowest BCUT2D eigenvalue weighted by Gasteiger charge is -2.36. The van der Waals surface area contributed by atoms with Crippen molar-refractivity contribution in [2.75, 3.05) is 11.9 Å². The Balaban J connectivity index is 1.98. The molecule has 0 saturated carbocycles. The van der Waals surface area contributed by atoms with Crippen molar-refractivity contribution in [3.05, 3.63) is 27.8 Å². The summed E-state index contributed by atoms with van der Waals surface area (Å²) < 4.78 is 1.05. The summed E-state index contributed by atoms with van der Waals surface area (Å²) in [6, 6.07) is 7.35. The second kappa shape index (κ2) is 6.43. The molecule has 108 valence electrons. The van der Waals surface area contributed by atoms with Crippen LogP contribution < -0.4 is 5.32 Å². The number of nitrogens with zero attached hydrogens (tertiary/aromatic N) is 1. The molecule has 0 radical (unpaired) electrons. The number of anilines is 1. The minimum Gasteiger partial charge on any atom is -0.481 e. The molecule has 5 nitrogen and oxygen atoms in total. The summed E-state index contributed by atoms with van der Waals surface area (Å²) in [6.07, 6.45) is 1.02. The fraction of sp³-hybridized carbons (Fsp3) is 0.429. The molecule has 0 bridgehead atoms. The zero-order valence-corrected chi connectivity index (χ0v) is 13.3. The van der Waals surface area contributed by atoms with E-state index in [1.807, 2.05) is 31.2 Å². The molecule has 1 heterocycles. The smallest absolute Gasteiger partial charge is 0.322 e. The summed E-state index contributed by atoms with van der Waals surface area (Å²) in [5.41, 5.74) is 0.759. The van der Waals surface area contributed by atoms with Crippen LogP contribution in [-0.4, -0.2) is 34.6 Å². The van der Waals surface area contributed by atoms with Crippen molar-refractivity contribution in [3.8, 4) is 0 Å². The number of carboxylic acids is 1. The molecule has 1 aliphatic rings. The number of urea groups is 1. The van der Waals surface area contributed by atoms with Crippen molar-refractivity contribution in [3.63, 3.8) is 0 Å². The fourth-order valence-corrected chi connectivity index (χ4v) is 3.00. The van der Waals surface area contributed by atoms with Crippen LogP contribution in [0.15, 0.2) is 24.3 Å². The third kappa shape index (κ3) is 3.62. The number of halogens is 1. The summed E-state index contributed by atoms with van der Waals surface area (Å²) in [6.45, 7) is 2.37. The van der Waals surface area contributed by atoms with Gasteiger partial charge in [0.25, 0.3) is 0 Å². The van der Waals surface area contributed by atoms with E-state index in [-0.39, 0.29) is 18.0 Å². The van der Waals surface area contributed by atoms with E-state index in [9.17, 15) is 9.59 Å². The van der Waals surface area contributed by atoms with E-state index in [0.29, 0.717) is 19.4 Å². The predicted molar refractivity (Wildman–Crippen MR) is 84.7 cm³/mol. The van der Waals surface area contributed by atoms with Crippen molar-refractivity contribution in [1.29, 1.82) is 0 Å². The van der Waals surface area contributed by atoms with Gasteiger partial charge in [0.2, 0.25) is 0 Å². The van der Waals surface area contributed by atoms with Gasteiger partial charge < -0.3 is 15.3 Å². The maximum atomic E-state index is 12.2. The molecule has 2 rings (SSSR count). The van der Waals surface area contributed by atoms with Crippen LogP contribution in [0.1, 0.15) is 19.8 Å². The van der Waals surface area contributed by atoms with E-state index >= 15 is 0 Å². The molecule has 2 atom stereocenters. The summed E-state index contributed by atoms with van der Waals surface area (Å²) in [5.74, 6) is -1.11. The number of rotatable bonds is 2. The predicted octanol–water partition coefficient (Wildman–Crippen LogP) is 3.01. The number of nitrogens with one attached hydrogen (secondary N) is 1. The molecular formula is C14H17IN2O3. The second-order valence-electron chi connectivity index (χ2n) is 5.04. The minimum absolute atomic E-state index is 0.0624. The van der Waals surface area contributed by atoms with Gasteiger partial charge in [-0.2, -0.15) is 0 Å². The van der Waals surface area contributed by atoms with Crippen molar-refractivity contribution in [2.24, 2.45) is 5.92 Å². The summed E-state index contributed by atoms with van der Waals surface area (Å²) in [5, 5.41) is 11.9. The van der Waals surface area contributed by atoms with Gasteiger partial charge in [-0.1, -0.05) is 6.07 Å². The summed E-state index contributed by atoms with van der Waals surface area (Å²) in [4.78, 5) is 24.9. The molecule has 2 N–H and O–H groups in total. The molecule has 1 aliphatic heterocycles. The molecule has 0 aliphatic carbocycles. The summed E-state index contributed by atoms with van der Waals surface area (Å²) >= 11 is 2.19. The number of aliphatic carboxylic acids is 1. The monoisotopic (exact) mass is 388 g/mol. The Kier molecular flexibility index (Phi) is 4.85. The highest BCUT2D eigenvalue weighted by atomic mass is 127. The average Bonchev–Trinajstić information content (AvgIpc) is 2.38. The molecule has 2 amide bonds. The van der Waals surface area contributed by atoms with Gasteiger partial charge in [0.15, 0.2) is 0 Å².